The minimum absolute atomic E-state index is 0.213. The van der Waals surface area contributed by atoms with E-state index in [4.69, 9.17) is 5.11 Å². The third-order valence-corrected chi connectivity index (χ3v) is 0.807. The zero-order chi connectivity index (χ0) is 5.82. The highest BCUT2D eigenvalue weighted by molar-refractivity contribution is 5.64. The van der Waals surface area contributed by atoms with Gasteiger partial charge >= 0.3 is 6.08 Å². The molecule has 0 aromatic carbocycles. The van der Waals surface area contributed by atoms with Gasteiger partial charge in [-0.2, -0.15) is 0 Å². The quantitative estimate of drug-likeness (QED) is 0.464. The molecule has 0 aromatic heterocycles. The van der Waals surface area contributed by atoms with Crippen LogP contribution in [0.15, 0.2) is 17.1 Å². The predicted molar refractivity (Wildman–Crippen MR) is 30.0 cm³/mol. The number of aliphatic hydroxyl groups is 1. The summed E-state index contributed by atoms with van der Waals surface area (Å²) in [5.74, 6) is 0. The van der Waals surface area contributed by atoms with Crippen molar-refractivity contribution in [1.82, 2.24) is 0 Å². The molecule has 3 nitrogen and oxygen atoms in total. The molecule has 0 radical (unpaired) electrons. The van der Waals surface area contributed by atoms with E-state index in [1.165, 1.54) is 0 Å². The first-order valence-corrected chi connectivity index (χ1v) is 2.41. The Morgan fingerprint density at radius 3 is 3.38 bits per heavy atom. The zero-order valence-electron chi connectivity index (χ0n) is 4.37. The Labute approximate surface area is 47.3 Å². The van der Waals surface area contributed by atoms with Crippen LogP contribution in [-0.2, 0) is 4.74 Å². The molecule has 0 saturated carbocycles. The molecule has 0 bridgehead atoms. The van der Waals surface area contributed by atoms with Crippen molar-refractivity contribution in [2.45, 2.75) is 0 Å². The van der Waals surface area contributed by atoms with E-state index in [1.54, 1.807) is 0 Å². The molecular formula is C5H7NO2. The van der Waals surface area contributed by atoms with Crippen LogP contribution in [0, 0.1) is 0 Å². The molecule has 0 aromatic rings. The fourth-order valence-corrected chi connectivity index (χ4v) is 0.442. The van der Waals surface area contributed by atoms with Crippen molar-refractivity contribution in [3.8, 4) is 0 Å². The number of hydrogen-bond acceptors (Lipinski definition) is 2. The Hall–Kier alpha value is -0.990. The average Bonchev–Trinajstić information content (AvgIpc) is 1.94. The minimum Gasteiger partial charge on any atom is -0.466 e. The van der Waals surface area contributed by atoms with Gasteiger partial charge in [-0.05, 0) is 6.08 Å². The number of ether oxygens (including phenoxy) is 1. The van der Waals surface area contributed by atoms with Gasteiger partial charge in [0.15, 0.2) is 0 Å². The van der Waals surface area contributed by atoms with Gasteiger partial charge in [-0.25, -0.2) is 4.99 Å². The molecule has 0 amide bonds. The summed E-state index contributed by atoms with van der Waals surface area (Å²) >= 11 is 0. The molecule has 0 saturated heterocycles. The first kappa shape index (κ1) is 5.15. The molecule has 1 heterocycles. The summed E-state index contributed by atoms with van der Waals surface area (Å²) in [6, 6.07) is 0. The second kappa shape index (κ2) is 2.35. The number of aliphatic hydroxyl groups excluding tert-OH is 1. The van der Waals surface area contributed by atoms with Crippen LogP contribution >= 0.6 is 0 Å². The van der Waals surface area contributed by atoms with Gasteiger partial charge in [-0.15, -0.1) is 0 Å². The van der Waals surface area contributed by atoms with Crippen molar-refractivity contribution < 1.29 is 9.84 Å². The smallest absolute Gasteiger partial charge is 0.381 e. The standard InChI is InChI=1S/C5H7NO2/c7-5-6-3-1-2-4-8-5/h1-2H,3-4H2,(H,6,7). The van der Waals surface area contributed by atoms with E-state index < -0.39 is 0 Å². The summed E-state index contributed by atoms with van der Waals surface area (Å²) < 4.78 is 4.62. The summed E-state index contributed by atoms with van der Waals surface area (Å²) in [4.78, 5) is 3.59. The maximum atomic E-state index is 8.58. The van der Waals surface area contributed by atoms with E-state index in [9.17, 15) is 0 Å². The van der Waals surface area contributed by atoms with E-state index >= 15 is 0 Å². The van der Waals surface area contributed by atoms with Crippen molar-refractivity contribution in [3.05, 3.63) is 12.2 Å². The maximum Gasteiger partial charge on any atom is 0.381 e. The van der Waals surface area contributed by atoms with E-state index in [0.717, 1.165) is 0 Å². The van der Waals surface area contributed by atoms with Crippen LogP contribution in [0.4, 0.5) is 0 Å². The lowest BCUT2D eigenvalue weighted by atomic mass is 10.5. The van der Waals surface area contributed by atoms with Crippen molar-refractivity contribution >= 4 is 6.08 Å². The number of nitrogens with zero attached hydrogens (tertiary/aromatic N) is 1. The first-order valence-electron chi connectivity index (χ1n) is 2.41. The van der Waals surface area contributed by atoms with E-state index in [2.05, 4.69) is 9.73 Å². The molecule has 1 N–H and O–H groups in total. The number of hydrogen-bond donors (Lipinski definition) is 1. The van der Waals surface area contributed by atoms with E-state index in [1.807, 2.05) is 12.2 Å². The van der Waals surface area contributed by atoms with Gasteiger partial charge in [0.05, 0.1) is 6.54 Å². The monoisotopic (exact) mass is 113 g/mol. The van der Waals surface area contributed by atoms with Crippen molar-refractivity contribution in [2.24, 2.45) is 4.99 Å². The maximum absolute atomic E-state index is 8.58. The molecule has 1 aliphatic rings. The second-order valence-corrected chi connectivity index (χ2v) is 1.41. The van der Waals surface area contributed by atoms with Crippen molar-refractivity contribution in [1.29, 1.82) is 0 Å². The lowest BCUT2D eigenvalue weighted by Gasteiger charge is -1.93. The molecule has 0 spiro atoms. The van der Waals surface area contributed by atoms with Crippen LogP contribution < -0.4 is 0 Å². The summed E-state index contributed by atoms with van der Waals surface area (Å²) in [5, 5.41) is 8.58. The van der Waals surface area contributed by atoms with Crippen LogP contribution in [0.2, 0.25) is 0 Å². The van der Waals surface area contributed by atoms with Gasteiger partial charge in [0, 0.05) is 0 Å². The minimum atomic E-state index is -0.213. The van der Waals surface area contributed by atoms with Crippen LogP contribution in [0.5, 0.6) is 0 Å². The topological polar surface area (TPSA) is 41.8 Å². The Balaban J connectivity index is 2.48. The molecule has 3 heteroatoms. The van der Waals surface area contributed by atoms with Gasteiger partial charge in [0.1, 0.15) is 6.61 Å². The largest absolute Gasteiger partial charge is 0.466 e. The van der Waals surface area contributed by atoms with Gasteiger partial charge < -0.3 is 9.84 Å². The van der Waals surface area contributed by atoms with E-state index in [-0.39, 0.29) is 6.08 Å². The Bertz CT molecular complexity index is 128. The molecule has 1 rings (SSSR count). The number of rotatable bonds is 0. The van der Waals surface area contributed by atoms with Crippen molar-refractivity contribution in [3.63, 3.8) is 0 Å². The molecule has 8 heavy (non-hydrogen) atoms. The molecular weight excluding hydrogens is 106 g/mol. The van der Waals surface area contributed by atoms with Crippen LogP contribution in [0.3, 0.4) is 0 Å². The average molecular weight is 113 g/mol. The molecule has 0 fully saturated rings. The summed E-state index contributed by atoms with van der Waals surface area (Å²) in [7, 11) is 0. The van der Waals surface area contributed by atoms with Gasteiger partial charge in [-0.3, -0.25) is 0 Å². The molecule has 44 valence electrons. The zero-order valence-corrected chi connectivity index (χ0v) is 4.37. The SMILES string of the molecule is OC1=NCC=CCO1. The Kier molecular flexibility index (Phi) is 1.51. The molecule has 0 aliphatic carbocycles. The van der Waals surface area contributed by atoms with Gasteiger partial charge in [-0.1, -0.05) is 6.08 Å². The summed E-state index contributed by atoms with van der Waals surface area (Å²) in [6.07, 6.45) is 3.44. The lowest BCUT2D eigenvalue weighted by molar-refractivity contribution is 0.258. The first-order chi connectivity index (χ1) is 3.89. The highest BCUT2D eigenvalue weighted by Gasteiger charge is 1.93. The third kappa shape index (κ3) is 1.26. The Morgan fingerprint density at radius 2 is 2.50 bits per heavy atom. The second-order valence-electron chi connectivity index (χ2n) is 1.41. The normalized spacial score (nSPS) is 18.8. The van der Waals surface area contributed by atoms with E-state index in [0.29, 0.717) is 13.2 Å². The third-order valence-electron chi connectivity index (χ3n) is 0.807. The van der Waals surface area contributed by atoms with Gasteiger partial charge in [0.2, 0.25) is 0 Å². The van der Waals surface area contributed by atoms with Gasteiger partial charge in [0.25, 0.3) is 0 Å². The lowest BCUT2D eigenvalue weighted by Crippen LogP contribution is -2.01. The van der Waals surface area contributed by atoms with Crippen LogP contribution in [0.1, 0.15) is 0 Å². The Morgan fingerprint density at radius 1 is 1.62 bits per heavy atom. The highest BCUT2D eigenvalue weighted by Crippen LogP contribution is 1.87. The number of aliphatic imine (C=N–C) groups is 1. The molecule has 0 atom stereocenters. The van der Waals surface area contributed by atoms with Crippen LogP contribution in [0.25, 0.3) is 0 Å². The highest BCUT2D eigenvalue weighted by atomic mass is 16.6. The summed E-state index contributed by atoms with van der Waals surface area (Å²) in [5.41, 5.74) is 0. The van der Waals surface area contributed by atoms with Crippen LogP contribution in [-0.4, -0.2) is 24.3 Å². The molecule has 0 unspecified atom stereocenters. The fourth-order valence-electron chi connectivity index (χ4n) is 0.442. The van der Waals surface area contributed by atoms with Crippen molar-refractivity contribution in [2.75, 3.05) is 13.2 Å². The predicted octanol–water partition coefficient (Wildman–Crippen LogP) is 0.487. The summed E-state index contributed by atoms with van der Waals surface area (Å²) in [6.45, 7) is 0.946. The fraction of sp³-hybridized carbons (Fsp3) is 0.400. The molecule has 1 aliphatic heterocycles.